The zero-order valence-electron chi connectivity index (χ0n) is 13.7. The topological polar surface area (TPSA) is 49.0 Å². The van der Waals surface area contributed by atoms with Gasteiger partial charge in [0.15, 0.2) is 0 Å². The number of amides is 1. The first-order valence-corrected chi connectivity index (χ1v) is 8.72. The van der Waals surface area contributed by atoms with Crippen LogP contribution in [0.15, 0.2) is 54.6 Å². The molecule has 0 saturated carbocycles. The first-order chi connectivity index (χ1) is 12.2. The minimum absolute atomic E-state index is 0.148. The highest BCUT2D eigenvalue weighted by molar-refractivity contribution is 6.30. The Morgan fingerprint density at radius 3 is 2.80 bits per heavy atom. The van der Waals surface area contributed by atoms with Crippen LogP contribution >= 0.6 is 11.6 Å². The Hall–Kier alpha value is -2.59. The fraction of sp³-hybridized carbons (Fsp3) is 0.200. The molecule has 2 aromatic carbocycles. The second-order valence-corrected chi connectivity index (χ2v) is 6.70. The number of benzene rings is 2. The lowest BCUT2D eigenvalue weighted by atomic mass is 10.0. The minimum atomic E-state index is 0.148. The average Bonchev–Trinajstić information content (AvgIpc) is 3.05. The van der Waals surface area contributed by atoms with Crippen molar-refractivity contribution in [1.82, 2.24) is 15.1 Å². The molecule has 0 fully saturated rings. The third-order valence-electron chi connectivity index (χ3n) is 4.58. The maximum Gasteiger partial charge on any atom is 0.227 e. The molecule has 25 heavy (non-hydrogen) atoms. The SMILES string of the molecule is O=C(Cc1ccccc1)N1CCc2[nH]nc(-c3cccc(Cl)c3)c2C1. The molecule has 126 valence electrons. The van der Waals surface area contributed by atoms with Crippen LogP contribution in [-0.4, -0.2) is 27.5 Å². The highest BCUT2D eigenvalue weighted by Crippen LogP contribution is 2.30. The zero-order valence-corrected chi connectivity index (χ0v) is 14.5. The van der Waals surface area contributed by atoms with Crippen molar-refractivity contribution in [3.8, 4) is 11.3 Å². The van der Waals surface area contributed by atoms with Crippen LogP contribution in [0.3, 0.4) is 0 Å². The van der Waals surface area contributed by atoms with Crippen molar-refractivity contribution in [2.24, 2.45) is 0 Å². The molecule has 0 aliphatic carbocycles. The van der Waals surface area contributed by atoms with Crippen molar-refractivity contribution in [2.45, 2.75) is 19.4 Å². The van der Waals surface area contributed by atoms with Crippen molar-refractivity contribution >= 4 is 17.5 Å². The number of hydrogen-bond donors (Lipinski definition) is 1. The maximum absolute atomic E-state index is 12.7. The van der Waals surface area contributed by atoms with Crippen LogP contribution < -0.4 is 0 Å². The molecular formula is C20H18ClN3O. The van der Waals surface area contributed by atoms with Gasteiger partial charge in [0.05, 0.1) is 12.1 Å². The molecule has 1 aromatic heterocycles. The van der Waals surface area contributed by atoms with E-state index < -0.39 is 0 Å². The molecule has 1 aliphatic rings. The van der Waals surface area contributed by atoms with Gasteiger partial charge >= 0.3 is 0 Å². The van der Waals surface area contributed by atoms with Crippen LogP contribution in [0.4, 0.5) is 0 Å². The van der Waals surface area contributed by atoms with Gasteiger partial charge in [-0.3, -0.25) is 9.89 Å². The highest BCUT2D eigenvalue weighted by Gasteiger charge is 2.25. The normalized spacial score (nSPS) is 13.6. The van der Waals surface area contributed by atoms with Crippen LogP contribution in [0.25, 0.3) is 11.3 Å². The van der Waals surface area contributed by atoms with E-state index in [0.717, 1.165) is 41.0 Å². The molecular weight excluding hydrogens is 334 g/mol. The summed E-state index contributed by atoms with van der Waals surface area (Å²) in [6.45, 7) is 1.30. The van der Waals surface area contributed by atoms with Gasteiger partial charge in [0.1, 0.15) is 0 Å². The number of nitrogens with zero attached hydrogens (tertiary/aromatic N) is 2. The molecule has 1 amide bonds. The lowest BCUT2D eigenvalue weighted by Crippen LogP contribution is -2.36. The Labute approximate surface area is 151 Å². The number of H-pyrrole nitrogens is 1. The van der Waals surface area contributed by atoms with E-state index >= 15 is 0 Å². The van der Waals surface area contributed by atoms with Gasteiger partial charge in [0, 0.05) is 41.4 Å². The van der Waals surface area contributed by atoms with Crippen LogP contribution in [0.2, 0.25) is 5.02 Å². The summed E-state index contributed by atoms with van der Waals surface area (Å²) in [4.78, 5) is 14.6. The molecule has 0 spiro atoms. The number of fused-ring (bicyclic) bond motifs is 1. The van der Waals surface area contributed by atoms with Crippen molar-refractivity contribution in [2.75, 3.05) is 6.54 Å². The van der Waals surface area contributed by atoms with E-state index in [2.05, 4.69) is 10.2 Å². The summed E-state index contributed by atoms with van der Waals surface area (Å²) in [7, 11) is 0. The van der Waals surface area contributed by atoms with E-state index in [-0.39, 0.29) is 5.91 Å². The Balaban J connectivity index is 1.56. The summed E-state index contributed by atoms with van der Waals surface area (Å²) in [5.74, 6) is 0.148. The van der Waals surface area contributed by atoms with E-state index in [1.165, 1.54) is 0 Å². The van der Waals surface area contributed by atoms with Crippen molar-refractivity contribution in [3.63, 3.8) is 0 Å². The Morgan fingerprint density at radius 2 is 2.00 bits per heavy atom. The van der Waals surface area contributed by atoms with Crippen LogP contribution in [0, 0.1) is 0 Å². The summed E-state index contributed by atoms with van der Waals surface area (Å²) in [6.07, 6.45) is 1.23. The van der Waals surface area contributed by atoms with Gasteiger partial charge in [-0.25, -0.2) is 0 Å². The summed E-state index contributed by atoms with van der Waals surface area (Å²) in [5, 5.41) is 8.27. The monoisotopic (exact) mass is 351 g/mol. The molecule has 0 bridgehead atoms. The predicted octanol–water partition coefficient (Wildman–Crippen LogP) is 3.86. The van der Waals surface area contributed by atoms with E-state index in [9.17, 15) is 4.79 Å². The number of halogens is 1. The fourth-order valence-corrected chi connectivity index (χ4v) is 3.46. The van der Waals surface area contributed by atoms with E-state index in [0.29, 0.717) is 18.0 Å². The number of rotatable bonds is 3. The second kappa shape index (κ2) is 6.73. The molecule has 1 aliphatic heterocycles. The third kappa shape index (κ3) is 3.30. The van der Waals surface area contributed by atoms with Crippen LogP contribution in [0.1, 0.15) is 16.8 Å². The average molecular weight is 352 g/mol. The molecule has 4 nitrogen and oxygen atoms in total. The maximum atomic E-state index is 12.7. The number of carbonyl (C=O) groups excluding carboxylic acids is 1. The van der Waals surface area contributed by atoms with Gasteiger partial charge in [-0.05, 0) is 17.7 Å². The van der Waals surface area contributed by atoms with Crippen LogP contribution in [-0.2, 0) is 24.2 Å². The largest absolute Gasteiger partial charge is 0.338 e. The first-order valence-electron chi connectivity index (χ1n) is 8.34. The number of aromatic amines is 1. The Kier molecular flexibility index (Phi) is 4.28. The van der Waals surface area contributed by atoms with Gasteiger partial charge in [0.25, 0.3) is 0 Å². The van der Waals surface area contributed by atoms with Crippen molar-refractivity contribution in [1.29, 1.82) is 0 Å². The third-order valence-corrected chi connectivity index (χ3v) is 4.82. The lowest BCUT2D eigenvalue weighted by molar-refractivity contribution is -0.131. The minimum Gasteiger partial charge on any atom is -0.338 e. The quantitative estimate of drug-likeness (QED) is 0.779. The van der Waals surface area contributed by atoms with Crippen molar-refractivity contribution in [3.05, 3.63) is 76.4 Å². The number of hydrogen-bond acceptors (Lipinski definition) is 2. The first kappa shape index (κ1) is 15.9. The van der Waals surface area contributed by atoms with Gasteiger partial charge in [-0.1, -0.05) is 54.1 Å². The molecule has 0 radical (unpaired) electrons. The molecule has 0 saturated heterocycles. The highest BCUT2D eigenvalue weighted by atomic mass is 35.5. The molecule has 3 aromatic rings. The van der Waals surface area contributed by atoms with E-state index in [1.807, 2.05) is 59.5 Å². The number of carbonyl (C=O) groups is 1. The molecule has 0 unspecified atom stereocenters. The second-order valence-electron chi connectivity index (χ2n) is 6.27. The van der Waals surface area contributed by atoms with Gasteiger partial charge in [-0.15, -0.1) is 0 Å². The summed E-state index contributed by atoms with van der Waals surface area (Å²) < 4.78 is 0. The van der Waals surface area contributed by atoms with Gasteiger partial charge in [-0.2, -0.15) is 5.10 Å². The smallest absolute Gasteiger partial charge is 0.227 e. The molecule has 2 heterocycles. The molecule has 0 atom stereocenters. The summed E-state index contributed by atoms with van der Waals surface area (Å²) in [6, 6.07) is 17.5. The van der Waals surface area contributed by atoms with E-state index in [1.54, 1.807) is 0 Å². The Bertz CT molecular complexity index is 904. The lowest BCUT2D eigenvalue weighted by Gasteiger charge is -2.27. The van der Waals surface area contributed by atoms with E-state index in [4.69, 9.17) is 11.6 Å². The Morgan fingerprint density at radius 1 is 1.16 bits per heavy atom. The molecule has 1 N–H and O–H groups in total. The van der Waals surface area contributed by atoms with Gasteiger partial charge in [0.2, 0.25) is 5.91 Å². The number of aromatic nitrogens is 2. The summed E-state index contributed by atoms with van der Waals surface area (Å²) in [5.41, 5.74) is 5.10. The molecule has 4 rings (SSSR count). The standard InChI is InChI=1S/C20H18ClN3O/c21-16-8-4-7-15(12-16)20-17-13-24(10-9-18(17)22-23-20)19(25)11-14-5-2-1-3-6-14/h1-8,12H,9-11,13H2,(H,22,23). The van der Waals surface area contributed by atoms with Gasteiger partial charge < -0.3 is 4.90 Å². The summed E-state index contributed by atoms with van der Waals surface area (Å²) >= 11 is 6.11. The predicted molar refractivity (Wildman–Crippen MR) is 98.3 cm³/mol. The molecule has 5 heteroatoms. The van der Waals surface area contributed by atoms with Crippen molar-refractivity contribution < 1.29 is 4.79 Å². The number of nitrogens with one attached hydrogen (secondary N) is 1. The zero-order chi connectivity index (χ0) is 17.2. The van der Waals surface area contributed by atoms with Crippen LogP contribution in [0.5, 0.6) is 0 Å². The fourth-order valence-electron chi connectivity index (χ4n) is 3.26.